The summed E-state index contributed by atoms with van der Waals surface area (Å²) in [5, 5.41) is 10.7. The van der Waals surface area contributed by atoms with E-state index in [0.29, 0.717) is 25.8 Å². The maximum absolute atomic E-state index is 14.4. The topological polar surface area (TPSA) is 210 Å². The molecule has 0 bridgehead atoms. The molecule has 2 aliphatic rings. The van der Waals surface area contributed by atoms with E-state index in [9.17, 15) is 38.4 Å². The van der Waals surface area contributed by atoms with Crippen molar-refractivity contribution in [3.8, 4) is 0 Å². The molecule has 0 aromatic rings. The minimum atomic E-state index is -1.24. The molecule has 0 radical (unpaired) electrons. The zero-order valence-corrected chi connectivity index (χ0v) is 37.4. The molecule has 16 nitrogen and oxygen atoms in total. The number of carbonyl (C=O) groups excluding carboxylic acids is 8. The fourth-order valence-electron chi connectivity index (χ4n) is 7.49. The zero-order valence-electron chi connectivity index (χ0n) is 37.4. The first-order chi connectivity index (χ1) is 26.7. The van der Waals surface area contributed by atoms with Crippen LogP contribution in [0.3, 0.4) is 0 Å². The van der Waals surface area contributed by atoms with Crippen molar-refractivity contribution in [1.82, 2.24) is 31.1 Å². The van der Waals surface area contributed by atoms with Gasteiger partial charge in [0.15, 0.2) is 5.78 Å². The summed E-state index contributed by atoms with van der Waals surface area (Å²) in [6.45, 7) is 23.6. The van der Waals surface area contributed by atoms with Gasteiger partial charge in [0.1, 0.15) is 29.8 Å². The molecule has 2 fully saturated rings. The Morgan fingerprint density at radius 1 is 0.776 bits per heavy atom. The Bertz CT molecular complexity index is 1500. The third-order valence-electron chi connectivity index (χ3n) is 10.3. The summed E-state index contributed by atoms with van der Waals surface area (Å²) in [6, 6.07) is -5.14. The molecule has 1 unspecified atom stereocenters. The van der Waals surface area contributed by atoms with Crippen LogP contribution in [0.25, 0.3) is 0 Å². The maximum atomic E-state index is 14.4. The van der Waals surface area contributed by atoms with E-state index in [1.54, 1.807) is 46.4 Å². The number of nitrogens with zero attached hydrogens (tertiary/aromatic N) is 2. The second-order valence-electron chi connectivity index (χ2n) is 18.7. The van der Waals surface area contributed by atoms with Crippen LogP contribution in [0, 0.1) is 23.7 Å². The van der Waals surface area contributed by atoms with E-state index < -0.39 is 94.7 Å². The number of hydrogen-bond acceptors (Lipinski definition) is 10. The first-order valence-corrected chi connectivity index (χ1v) is 20.8. The third kappa shape index (κ3) is 14.9. The van der Waals surface area contributed by atoms with Gasteiger partial charge in [-0.3, -0.25) is 38.4 Å². The lowest BCUT2D eigenvalue weighted by molar-refractivity contribution is -0.155. The van der Waals surface area contributed by atoms with Crippen LogP contribution in [0.1, 0.15) is 129 Å². The largest absolute Gasteiger partial charge is 0.460 e. The average molecular weight is 821 g/mol. The first-order valence-electron chi connectivity index (χ1n) is 20.8. The van der Waals surface area contributed by atoms with Crippen LogP contribution in [-0.2, 0) is 47.8 Å². The van der Waals surface area contributed by atoms with E-state index in [4.69, 9.17) is 9.47 Å². The summed E-state index contributed by atoms with van der Waals surface area (Å²) in [6.07, 6.45) is -0.161. The fraction of sp³-hybridized carbons (Fsp3) is 0.810. The number of nitrogens with one attached hydrogen (secondary N) is 4. The molecule has 0 aliphatic carbocycles. The predicted molar refractivity (Wildman–Crippen MR) is 218 cm³/mol. The molecule has 2 aliphatic heterocycles. The molecule has 0 spiro atoms. The van der Waals surface area contributed by atoms with Crippen molar-refractivity contribution in [2.24, 2.45) is 23.7 Å². The highest BCUT2D eigenvalue weighted by atomic mass is 16.6. The van der Waals surface area contributed by atoms with Gasteiger partial charge in [-0.2, -0.15) is 0 Å². The summed E-state index contributed by atoms with van der Waals surface area (Å²) in [7, 11) is 1.45. The Morgan fingerprint density at radius 2 is 1.40 bits per heavy atom. The second kappa shape index (κ2) is 21.3. The normalized spacial score (nSPS) is 20.6. The summed E-state index contributed by atoms with van der Waals surface area (Å²) in [4.78, 5) is 111. The maximum Gasteiger partial charge on any atom is 0.306 e. The molecule has 330 valence electrons. The SMILES string of the molecule is CNC(=O)[C@@H](C)NC(=O)[C@H](CC(=O)[C@@H](CCC(=O)OC(C)(C)C)NC(=O)[C@H](NC(=O)[C@@H]([C@@H](C)OC(C)(C)C)N1CCC(N2CC[C@@H](C)C2=O)C1=O)C(C)C)CC(C)C. The van der Waals surface area contributed by atoms with Gasteiger partial charge in [-0.25, -0.2) is 0 Å². The first kappa shape index (κ1) is 50.1. The van der Waals surface area contributed by atoms with E-state index in [2.05, 4.69) is 21.3 Å². The Balaban J connectivity index is 2.42. The van der Waals surface area contributed by atoms with Crippen molar-refractivity contribution in [3.05, 3.63) is 0 Å². The Kier molecular flexibility index (Phi) is 18.3. The fourth-order valence-corrected chi connectivity index (χ4v) is 7.49. The lowest BCUT2D eigenvalue weighted by atomic mass is 9.88. The number of Topliss-reactive ketones (excluding diaryl/α,β-unsaturated/α-hetero) is 1. The van der Waals surface area contributed by atoms with E-state index >= 15 is 0 Å². The van der Waals surface area contributed by atoms with Gasteiger partial charge in [0.25, 0.3) is 0 Å². The van der Waals surface area contributed by atoms with Crippen LogP contribution in [0.2, 0.25) is 0 Å². The number of carbonyl (C=O) groups is 8. The highest BCUT2D eigenvalue weighted by molar-refractivity contribution is 5.98. The number of likely N-dealkylation sites (N-methyl/N-ethyl adjacent to an activating group) is 1. The molecular weight excluding hydrogens is 748 g/mol. The van der Waals surface area contributed by atoms with Gasteiger partial charge >= 0.3 is 5.97 Å². The molecule has 8 atom stereocenters. The summed E-state index contributed by atoms with van der Waals surface area (Å²) in [5.41, 5.74) is -1.49. The van der Waals surface area contributed by atoms with Crippen LogP contribution in [0.4, 0.5) is 0 Å². The number of likely N-dealkylation sites (tertiary alicyclic amines) is 2. The van der Waals surface area contributed by atoms with E-state index in [-0.39, 0.29) is 49.5 Å². The molecule has 6 amide bonds. The van der Waals surface area contributed by atoms with Gasteiger partial charge in [0.2, 0.25) is 35.4 Å². The number of hydrogen-bond donors (Lipinski definition) is 4. The van der Waals surface area contributed by atoms with E-state index in [0.717, 1.165) is 0 Å². The lowest BCUT2D eigenvalue weighted by Gasteiger charge is -2.37. The highest BCUT2D eigenvalue weighted by Crippen LogP contribution is 2.29. The zero-order chi connectivity index (χ0) is 44.4. The quantitative estimate of drug-likeness (QED) is 0.132. The monoisotopic (exact) mass is 821 g/mol. The number of esters is 1. The van der Waals surface area contributed by atoms with Crippen molar-refractivity contribution < 1.29 is 47.8 Å². The predicted octanol–water partition coefficient (Wildman–Crippen LogP) is 2.65. The third-order valence-corrected chi connectivity index (χ3v) is 10.3. The molecule has 2 saturated heterocycles. The molecule has 2 heterocycles. The molecule has 16 heteroatoms. The number of ketones is 1. The molecular formula is C42H72N6O10. The average Bonchev–Trinajstić information content (AvgIpc) is 3.62. The van der Waals surface area contributed by atoms with Gasteiger partial charge < -0.3 is 40.5 Å². The van der Waals surface area contributed by atoms with Crippen molar-refractivity contribution in [1.29, 1.82) is 0 Å². The Hall–Kier alpha value is -4.08. The molecule has 58 heavy (non-hydrogen) atoms. The second-order valence-corrected chi connectivity index (χ2v) is 18.7. The van der Waals surface area contributed by atoms with Gasteiger partial charge in [-0.05, 0) is 92.9 Å². The summed E-state index contributed by atoms with van der Waals surface area (Å²) in [5.74, 6) is -5.32. The minimum absolute atomic E-state index is 0.00367. The minimum Gasteiger partial charge on any atom is -0.460 e. The van der Waals surface area contributed by atoms with Crippen molar-refractivity contribution in [3.63, 3.8) is 0 Å². The van der Waals surface area contributed by atoms with Crippen LogP contribution in [-0.4, -0.2) is 125 Å². The van der Waals surface area contributed by atoms with Gasteiger partial charge in [0, 0.05) is 44.8 Å². The van der Waals surface area contributed by atoms with Gasteiger partial charge in [0.05, 0.1) is 17.7 Å². The molecule has 0 aromatic carbocycles. The number of amides is 6. The summed E-state index contributed by atoms with van der Waals surface area (Å²) < 4.78 is 11.7. The Labute approximate surface area is 345 Å². The van der Waals surface area contributed by atoms with Gasteiger partial charge in [-0.15, -0.1) is 0 Å². The molecule has 0 saturated carbocycles. The highest BCUT2D eigenvalue weighted by Gasteiger charge is 2.48. The van der Waals surface area contributed by atoms with Crippen molar-refractivity contribution in [2.75, 3.05) is 20.1 Å². The van der Waals surface area contributed by atoms with Crippen LogP contribution >= 0.6 is 0 Å². The lowest BCUT2D eigenvalue weighted by Crippen LogP contribution is -2.61. The smallest absolute Gasteiger partial charge is 0.306 e. The summed E-state index contributed by atoms with van der Waals surface area (Å²) >= 11 is 0. The van der Waals surface area contributed by atoms with Crippen molar-refractivity contribution in [2.45, 2.75) is 176 Å². The molecule has 0 aromatic heterocycles. The van der Waals surface area contributed by atoms with Gasteiger partial charge in [-0.1, -0.05) is 34.6 Å². The van der Waals surface area contributed by atoms with Crippen molar-refractivity contribution >= 4 is 47.2 Å². The van der Waals surface area contributed by atoms with Crippen LogP contribution in [0.15, 0.2) is 0 Å². The Morgan fingerprint density at radius 3 is 1.90 bits per heavy atom. The van der Waals surface area contributed by atoms with E-state index in [1.807, 2.05) is 41.5 Å². The van der Waals surface area contributed by atoms with Crippen LogP contribution in [0.5, 0.6) is 0 Å². The molecule has 4 N–H and O–H groups in total. The molecule has 2 rings (SSSR count). The van der Waals surface area contributed by atoms with E-state index in [1.165, 1.54) is 18.9 Å². The van der Waals surface area contributed by atoms with Crippen LogP contribution < -0.4 is 21.3 Å². The number of rotatable bonds is 20. The standard InChI is InChI=1S/C42H72N6O10/c1-23(2)21-28(36(52)44-26(6)35(51)43-14)22-31(49)29(15-16-32(50)58-42(11,12)13)45-37(53)33(24(3)4)46-38(54)34(27(7)57-41(8,9)10)48-20-18-30(40(48)56)47-19-17-25(5)39(47)55/h23-30,33-34H,15-22H2,1-14H3,(H,43,51)(H,44,52)(H,45,53)(H,46,54)/t25-,26-,27-,28+,29-,30?,33-,34-/m1/s1. The number of ether oxygens (including phenoxy) is 2.